The Balaban J connectivity index is 2.44. The first-order chi connectivity index (χ1) is 8.26. The van der Waals surface area contributed by atoms with Gasteiger partial charge in [0, 0.05) is 25.0 Å². The number of imidazole rings is 1. The van der Waals surface area contributed by atoms with Crippen molar-refractivity contribution >= 4 is 22.6 Å². The minimum absolute atomic E-state index is 0.608. The topological polar surface area (TPSA) is 30.7 Å². The number of alkyl halides is 1. The highest BCUT2D eigenvalue weighted by molar-refractivity contribution is 6.17. The molecule has 2 rings (SSSR count). The molecule has 0 N–H and O–H groups in total. The highest BCUT2D eigenvalue weighted by atomic mass is 35.5. The molecule has 2 heterocycles. The summed E-state index contributed by atoms with van der Waals surface area (Å²) in [6, 6.07) is 2.03. The Morgan fingerprint density at radius 1 is 1.47 bits per heavy atom. The van der Waals surface area contributed by atoms with Gasteiger partial charge in [-0.05, 0) is 12.0 Å². The number of pyridine rings is 1. The maximum atomic E-state index is 5.84. The lowest BCUT2D eigenvalue weighted by molar-refractivity contribution is 0.466. The maximum Gasteiger partial charge on any atom is 0.111 e. The largest absolute Gasteiger partial charge is 0.328 e. The molecule has 2 aromatic heterocycles. The Hall–Kier alpha value is -1.09. The van der Waals surface area contributed by atoms with Gasteiger partial charge in [-0.25, -0.2) is 4.98 Å². The van der Waals surface area contributed by atoms with Crippen molar-refractivity contribution in [1.82, 2.24) is 14.5 Å². The second-order valence-corrected chi connectivity index (χ2v) is 4.83. The molecular weight excluding hydrogens is 234 g/mol. The third-order valence-electron chi connectivity index (χ3n) is 3.14. The van der Waals surface area contributed by atoms with E-state index in [1.807, 2.05) is 18.5 Å². The van der Waals surface area contributed by atoms with Crippen LogP contribution in [0.2, 0.25) is 0 Å². The molecular formula is C13H18ClN3. The van der Waals surface area contributed by atoms with Crippen LogP contribution in [0.25, 0.3) is 11.0 Å². The summed E-state index contributed by atoms with van der Waals surface area (Å²) in [5.41, 5.74) is 2.14. The van der Waals surface area contributed by atoms with Crippen molar-refractivity contribution in [3.63, 3.8) is 0 Å². The smallest absolute Gasteiger partial charge is 0.111 e. The number of fused-ring (bicyclic) bond motifs is 1. The number of halogens is 1. The molecule has 1 atom stereocenters. The molecule has 4 heteroatoms. The van der Waals surface area contributed by atoms with Crippen molar-refractivity contribution in [2.45, 2.75) is 33.2 Å². The SMILES string of the molecule is CCC(C)Cn1c(CCCl)nc2cnccc21. The normalized spacial score (nSPS) is 13.1. The van der Waals surface area contributed by atoms with Crippen LogP contribution in [-0.2, 0) is 13.0 Å². The van der Waals surface area contributed by atoms with Gasteiger partial charge in [0.05, 0.1) is 11.7 Å². The fourth-order valence-corrected chi connectivity index (χ4v) is 2.12. The summed E-state index contributed by atoms with van der Waals surface area (Å²) in [6.45, 7) is 5.48. The van der Waals surface area contributed by atoms with E-state index in [4.69, 9.17) is 11.6 Å². The summed E-state index contributed by atoms with van der Waals surface area (Å²) in [6.07, 6.45) is 5.62. The van der Waals surface area contributed by atoms with Gasteiger partial charge in [0.1, 0.15) is 11.3 Å². The van der Waals surface area contributed by atoms with Crippen LogP contribution in [0.1, 0.15) is 26.1 Å². The van der Waals surface area contributed by atoms with Gasteiger partial charge in [0.2, 0.25) is 0 Å². The summed E-state index contributed by atoms with van der Waals surface area (Å²) >= 11 is 5.84. The van der Waals surface area contributed by atoms with E-state index in [1.54, 1.807) is 0 Å². The predicted molar refractivity (Wildman–Crippen MR) is 71.4 cm³/mol. The van der Waals surface area contributed by atoms with Crippen LogP contribution < -0.4 is 0 Å². The Kier molecular flexibility index (Phi) is 4.00. The Morgan fingerprint density at radius 3 is 3.00 bits per heavy atom. The number of hydrogen-bond acceptors (Lipinski definition) is 2. The van der Waals surface area contributed by atoms with Crippen LogP contribution in [0.15, 0.2) is 18.5 Å². The third-order valence-corrected chi connectivity index (χ3v) is 3.33. The zero-order chi connectivity index (χ0) is 12.3. The molecule has 0 aliphatic rings. The average molecular weight is 252 g/mol. The summed E-state index contributed by atoms with van der Waals surface area (Å²) in [5.74, 6) is 2.33. The van der Waals surface area contributed by atoms with Gasteiger partial charge in [-0.1, -0.05) is 20.3 Å². The van der Waals surface area contributed by atoms with Crippen molar-refractivity contribution in [2.24, 2.45) is 5.92 Å². The second kappa shape index (κ2) is 5.50. The van der Waals surface area contributed by atoms with Crippen LogP contribution in [-0.4, -0.2) is 20.4 Å². The van der Waals surface area contributed by atoms with Crippen molar-refractivity contribution in [3.8, 4) is 0 Å². The third kappa shape index (κ3) is 2.60. The van der Waals surface area contributed by atoms with Gasteiger partial charge in [0.15, 0.2) is 0 Å². The van der Waals surface area contributed by atoms with Crippen LogP contribution in [0.3, 0.4) is 0 Å². The molecule has 0 aliphatic carbocycles. The first kappa shape index (κ1) is 12.4. The first-order valence-electron chi connectivity index (χ1n) is 6.11. The number of aryl methyl sites for hydroxylation is 1. The number of aromatic nitrogens is 3. The molecule has 0 fully saturated rings. The van der Waals surface area contributed by atoms with Crippen LogP contribution in [0.5, 0.6) is 0 Å². The first-order valence-corrected chi connectivity index (χ1v) is 6.64. The van der Waals surface area contributed by atoms with E-state index in [0.29, 0.717) is 11.8 Å². The Labute approximate surface area is 107 Å². The van der Waals surface area contributed by atoms with Crippen molar-refractivity contribution < 1.29 is 0 Å². The van der Waals surface area contributed by atoms with Gasteiger partial charge >= 0.3 is 0 Å². The van der Waals surface area contributed by atoms with Gasteiger partial charge in [-0.3, -0.25) is 4.98 Å². The molecule has 0 bridgehead atoms. The Bertz CT molecular complexity index is 492. The minimum atomic E-state index is 0.608. The van der Waals surface area contributed by atoms with Gasteiger partial charge in [-0.2, -0.15) is 0 Å². The maximum absolute atomic E-state index is 5.84. The molecule has 0 aliphatic heterocycles. The molecule has 3 nitrogen and oxygen atoms in total. The van der Waals surface area contributed by atoms with Gasteiger partial charge in [0.25, 0.3) is 0 Å². The van der Waals surface area contributed by atoms with E-state index < -0.39 is 0 Å². The molecule has 0 amide bonds. The molecule has 0 spiro atoms. The Morgan fingerprint density at radius 2 is 2.29 bits per heavy atom. The zero-order valence-corrected chi connectivity index (χ0v) is 11.1. The summed E-state index contributed by atoms with van der Waals surface area (Å²) in [5, 5.41) is 0. The van der Waals surface area contributed by atoms with E-state index in [2.05, 4.69) is 28.4 Å². The zero-order valence-electron chi connectivity index (χ0n) is 10.4. The van der Waals surface area contributed by atoms with E-state index in [1.165, 1.54) is 11.9 Å². The van der Waals surface area contributed by atoms with Crippen LogP contribution in [0, 0.1) is 5.92 Å². The van der Waals surface area contributed by atoms with Crippen molar-refractivity contribution in [1.29, 1.82) is 0 Å². The average Bonchev–Trinajstić information content (AvgIpc) is 2.68. The molecule has 0 saturated carbocycles. The molecule has 1 unspecified atom stereocenters. The fraction of sp³-hybridized carbons (Fsp3) is 0.538. The van der Waals surface area contributed by atoms with Crippen LogP contribution in [0.4, 0.5) is 0 Å². The van der Waals surface area contributed by atoms with Gasteiger partial charge in [-0.15, -0.1) is 11.6 Å². The number of hydrogen-bond donors (Lipinski definition) is 0. The summed E-state index contributed by atoms with van der Waals surface area (Å²) in [4.78, 5) is 8.72. The van der Waals surface area contributed by atoms with Crippen molar-refractivity contribution in [2.75, 3.05) is 5.88 Å². The lowest BCUT2D eigenvalue weighted by atomic mass is 10.1. The number of rotatable bonds is 5. The molecule has 0 saturated heterocycles. The van der Waals surface area contributed by atoms with Crippen molar-refractivity contribution in [3.05, 3.63) is 24.3 Å². The standard InChI is InChI=1S/C13H18ClN3/c1-3-10(2)9-17-12-5-7-15-8-11(12)16-13(17)4-6-14/h5,7-8,10H,3-4,6,9H2,1-2H3. The van der Waals surface area contributed by atoms with Crippen LogP contribution >= 0.6 is 11.6 Å². The second-order valence-electron chi connectivity index (χ2n) is 4.46. The van der Waals surface area contributed by atoms with E-state index in [-0.39, 0.29) is 0 Å². The summed E-state index contributed by atoms with van der Waals surface area (Å²) in [7, 11) is 0. The lowest BCUT2D eigenvalue weighted by Crippen LogP contribution is -2.10. The minimum Gasteiger partial charge on any atom is -0.328 e. The predicted octanol–water partition coefficient (Wildman–Crippen LogP) is 3.26. The van der Waals surface area contributed by atoms with E-state index in [9.17, 15) is 0 Å². The number of nitrogens with zero attached hydrogens (tertiary/aromatic N) is 3. The highest BCUT2D eigenvalue weighted by Crippen LogP contribution is 2.18. The highest BCUT2D eigenvalue weighted by Gasteiger charge is 2.12. The molecule has 92 valence electrons. The van der Waals surface area contributed by atoms with Gasteiger partial charge < -0.3 is 4.57 Å². The molecule has 0 aromatic carbocycles. The van der Waals surface area contributed by atoms with E-state index >= 15 is 0 Å². The lowest BCUT2D eigenvalue weighted by Gasteiger charge is -2.13. The van der Waals surface area contributed by atoms with E-state index in [0.717, 1.165) is 24.3 Å². The summed E-state index contributed by atoms with van der Waals surface area (Å²) < 4.78 is 2.29. The molecule has 17 heavy (non-hydrogen) atoms. The monoisotopic (exact) mass is 251 g/mol. The molecule has 2 aromatic rings. The fourth-order valence-electron chi connectivity index (χ4n) is 1.95. The quantitative estimate of drug-likeness (QED) is 0.764. The molecule has 0 radical (unpaired) electrons.